The van der Waals surface area contributed by atoms with Crippen LogP contribution in [0, 0.1) is 11.3 Å². The van der Waals surface area contributed by atoms with Crippen LogP contribution in [0.3, 0.4) is 0 Å². The van der Waals surface area contributed by atoms with Crippen molar-refractivity contribution >= 4 is 12.0 Å². The van der Waals surface area contributed by atoms with Gasteiger partial charge in [-0.1, -0.05) is 24.3 Å². The van der Waals surface area contributed by atoms with Crippen molar-refractivity contribution in [3.05, 3.63) is 96.0 Å². The molecule has 1 amide bonds. The highest BCUT2D eigenvalue weighted by molar-refractivity contribution is 6.01. The molecule has 0 aliphatic rings. The van der Waals surface area contributed by atoms with E-state index in [1.54, 1.807) is 43.5 Å². The lowest BCUT2D eigenvalue weighted by molar-refractivity contribution is -0.117. The van der Waals surface area contributed by atoms with Gasteiger partial charge >= 0.3 is 0 Å². The number of amides is 1. The smallest absolute Gasteiger partial charge is 0.262 e. The van der Waals surface area contributed by atoms with Crippen LogP contribution in [0.25, 0.3) is 6.08 Å². The van der Waals surface area contributed by atoms with Crippen LogP contribution in [0.1, 0.15) is 16.9 Å². The molecular formula is C27H26N2O5. The number of benzene rings is 2. The Bertz CT molecular complexity index is 1160. The number of carbonyl (C=O) groups is 1. The molecule has 0 fully saturated rings. The van der Waals surface area contributed by atoms with E-state index in [0.29, 0.717) is 41.8 Å². The molecule has 3 rings (SSSR count). The average molecular weight is 459 g/mol. The molecule has 0 aliphatic heterocycles. The predicted molar refractivity (Wildman–Crippen MR) is 128 cm³/mol. The lowest BCUT2D eigenvalue weighted by Gasteiger charge is -2.12. The Morgan fingerprint density at radius 1 is 1.12 bits per heavy atom. The lowest BCUT2D eigenvalue weighted by Crippen LogP contribution is -2.23. The minimum absolute atomic E-state index is 0.00156. The van der Waals surface area contributed by atoms with Gasteiger partial charge in [-0.05, 0) is 60.0 Å². The standard InChI is InChI=1S/C27H26N2O5/c1-3-5-20-9-12-25(26(17-20)31-2)34-15-14-33-23-10-7-21(8-11-23)16-22(18-28)27(30)29-19-24-6-4-13-32-24/h3-4,6-13,16-17H,1,5,14-15,19H2,2H3,(H,29,30)/b22-16+. The van der Waals surface area contributed by atoms with Gasteiger partial charge in [0.1, 0.15) is 36.4 Å². The third kappa shape index (κ3) is 7.04. The molecule has 2 aromatic carbocycles. The van der Waals surface area contributed by atoms with Crippen LogP contribution in [0.15, 0.2) is 83.5 Å². The number of hydrogen-bond acceptors (Lipinski definition) is 6. The van der Waals surface area contributed by atoms with E-state index in [1.807, 2.05) is 30.3 Å². The summed E-state index contributed by atoms with van der Waals surface area (Å²) in [5.74, 6) is 2.10. The van der Waals surface area contributed by atoms with Crippen molar-refractivity contribution in [1.82, 2.24) is 5.32 Å². The second-order valence-electron chi connectivity index (χ2n) is 7.18. The second kappa shape index (κ2) is 12.6. The van der Waals surface area contributed by atoms with Gasteiger partial charge in [0.15, 0.2) is 11.5 Å². The average Bonchev–Trinajstić information content (AvgIpc) is 3.39. The molecule has 0 unspecified atom stereocenters. The monoisotopic (exact) mass is 458 g/mol. The summed E-state index contributed by atoms with van der Waals surface area (Å²) in [5, 5.41) is 12.0. The van der Waals surface area contributed by atoms with Crippen LogP contribution in [0.5, 0.6) is 17.2 Å². The summed E-state index contributed by atoms with van der Waals surface area (Å²) in [7, 11) is 1.60. The molecule has 0 atom stereocenters. The number of nitrogens with zero attached hydrogens (tertiary/aromatic N) is 1. The number of methoxy groups -OCH3 is 1. The molecule has 7 nitrogen and oxygen atoms in total. The number of rotatable bonds is 12. The number of nitrogens with one attached hydrogen (secondary N) is 1. The van der Waals surface area contributed by atoms with Gasteiger partial charge in [-0.3, -0.25) is 4.79 Å². The van der Waals surface area contributed by atoms with Crippen molar-refractivity contribution in [1.29, 1.82) is 5.26 Å². The van der Waals surface area contributed by atoms with Gasteiger partial charge in [0.2, 0.25) is 0 Å². The highest BCUT2D eigenvalue weighted by Crippen LogP contribution is 2.28. The topological polar surface area (TPSA) is 93.7 Å². The largest absolute Gasteiger partial charge is 0.493 e. The lowest BCUT2D eigenvalue weighted by atomic mass is 10.1. The molecule has 0 radical (unpaired) electrons. The Morgan fingerprint density at radius 3 is 2.59 bits per heavy atom. The quantitative estimate of drug-likeness (QED) is 0.183. The van der Waals surface area contributed by atoms with Crippen molar-refractivity contribution in [2.45, 2.75) is 13.0 Å². The molecule has 1 heterocycles. The highest BCUT2D eigenvalue weighted by Gasteiger charge is 2.10. The zero-order chi connectivity index (χ0) is 24.2. The van der Waals surface area contributed by atoms with E-state index in [-0.39, 0.29) is 12.1 Å². The van der Waals surface area contributed by atoms with Gasteiger partial charge in [0.25, 0.3) is 5.91 Å². The molecule has 0 bridgehead atoms. The minimum Gasteiger partial charge on any atom is -0.493 e. The van der Waals surface area contributed by atoms with Crippen LogP contribution in [-0.2, 0) is 17.8 Å². The van der Waals surface area contributed by atoms with Crippen LogP contribution in [-0.4, -0.2) is 26.2 Å². The molecule has 0 saturated heterocycles. The molecule has 1 N–H and O–H groups in total. The summed E-state index contributed by atoms with van der Waals surface area (Å²) in [6.07, 6.45) is 5.64. The molecule has 7 heteroatoms. The van der Waals surface area contributed by atoms with Crippen LogP contribution >= 0.6 is 0 Å². The van der Waals surface area contributed by atoms with Crippen LogP contribution < -0.4 is 19.5 Å². The van der Waals surface area contributed by atoms with E-state index < -0.39 is 5.91 Å². The highest BCUT2D eigenvalue weighted by atomic mass is 16.5. The zero-order valence-electron chi connectivity index (χ0n) is 19.0. The number of furan rings is 1. The van der Waals surface area contributed by atoms with Crippen LogP contribution in [0.2, 0.25) is 0 Å². The number of hydrogen-bond donors (Lipinski definition) is 1. The van der Waals surface area contributed by atoms with E-state index in [0.717, 1.165) is 12.0 Å². The number of nitriles is 1. The fourth-order valence-corrected chi connectivity index (χ4v) is 3.09. The zero-order valence-corrected chi connectivity index (χ0v) is 19.0. The van der Waals surface area contributed by atoms with Crippen molar-refractivity contribution in [3.63, 3.8) is 0 Å². The first-order chi connectivity index (χ1) is 16.6. The summed E-state index contributed by atoms with van der Waals surface area (Å²) in [6.45, 7) is 4.64. The Labute approximate surface area is 198 Å². The third-order valence-corrected chi connectivity index (χ3v) is 4.78. The molecule has 3 aromatic rings. The maximum absolute atomic E-state index is 12.2. The molecular weight excluding hydrogens is 432 g/mol. The molecule has 1 aromatic heterocycles. The molecule has 0 spiro atoms. The maximum Gasteiger partial charge on any atom is 0.262 e. The second-order valence-corrected chi connectivity index (χ2v) is 7.18. The first-order valence-corrected chi connectivity index (χ1v) is 10.7. The van der Waals surface area contributed by atoms with E-state index in [9.17, 15) is 10.1 Å². The van der Waals surface area contributed by atoms with Gasteiger partial charge in [0, 0.05) is 0 Å². The number of ether oxygens (including phenoxy) is 3. The van der Waals surface area contributed by atoms with Crippen LogP contribution in [0.4, 0.5) is 0 Å². The van der Waals surface area contributed by atoms with Gasteiger partial charge in [-0.2, -0.15) is 5.26 Å². The Balaban J connectivity index is 1.49. The Kier molecular flexibility index (Phi) is 8.94. The van der Waals surface area contributed by atoms with Gasteiger partial charge in [-0.15, -0.1) is 6.58 Å². The van der Waals surface area contributed by atoms with Gasteiger partial charge in [0.05, 0.1) is 19.9 Å². The number of carbonyl (C=O) groups excluding carboxylic acids is 1. The SMILES string of the molecule is C=CCc1ccc(OCCOc2ccc(/C=C(\C#N)C(=O)NCc3ccco3)cc2)c(OC)c1. The maximum atomic E-state index is 12.2. The van der Waals surface area contributed by atoms with Crippen molar-refractivity contribution in [2.75, 3.05) is 20.3 Å². The Hall–Kier alpha value is -4.44. The van der Waals surface area contributed by atoms with E-state index in [2.05, 4.69) is 11.9 Å². The van der Waals surface area contributed by atoms with E-state index >= 15 is 0 Å². The first-order valence-electron chi connectivity index (χ1n) is 10.7. The van der Waals surface area contributed by atoms with Crippen molar-refractivity contribution < 1.29 is 23.4 Å². The fourth-order valence-electron chi connectivity index (χ4n) is 3.09. The third-order valence-electron chi connectivity index (χ3n) is 4.78. The predicted octanol–water partition coefficient (Wildman–Crippen LogP) is 4.70. The summed E-state index contributed by atoms with van der Waals surface area (Å²) in [5.41, 5.74) is 1.80. The summed E-state index contributed by atoms with van der Waals surface area (Å²) < 4.78 is 22.1. The first kappa shape index (κ1) is 24.2. The molecule has 174 valence electrons. The summed E-state index contributed by atoms with van der Waals surface area (Å²) >= 11 is 0. The molecule has 34 heavy (non-hydrogen) atoms. The molecule has 0 saturated carbocycles. The summed E-state index contributed by atoms with van der Waals surface area (Å²) in [6, 6.07) is 18.3. The Morgan fingerprint density at radius 2 is 1.91 bits per heavy atom. The fraction of sp³-hybridized carbons (Fsp3) is 0.185. The summed E-state index contributed by atoms with van der Waals surface area (Å²) in [4.78, 5) is 12.2. The number of allylic oxidation sites excluding steroid dienone is 1. The molecule has 0 aliphatic carbocycles. The van der Waals surface area contributed by atoms with Crippen molar-refractivity contribution in [3.8, 4) is 23.3 Å². The minimum atomic E-state index is -0.468. The van der Waals surface area contributed by atoms with E-state index in [4.69, 9.17) is 18.6 Å². The van der Waals surface area contributed by atoms with E-state index in [1.165, 1.54) is 12.3 Å². The van der Waals surface area contributed by atoms with Crippen molar-refractivity contribution in [2.24, 2.45) is 0 Å². The van der Waals surface area contributed by atoms with Gasteiger partial charge < -0.3 is 23.9 Å². The normalized spacial score (nSPS) is 10.8. The van der Waals surface area contributed by atoms with Gasteiger partial charge in [-0.25, -0.2) is 0 Å².